The van der Waals surface area contributed by atoms with Gasteiger partial charge in [0.1, 0.15) is 17.5 Å². The Morgan fingerprint density at radius 2 is 1.81 bits per heavy atom. The Morgan fingerprint density at radius 3 is 2.44 bits per heavy atom. The molecule has 0 spiro atoms. The molecule has 190 valence electrons. The number of benzene rings is 1. The van der Waals surface area contributed by atoms with E-state index in [0.29, 0.717) is 30.6 Å². The fourth-order valence-corrected chi connectivity index (χ4v) is 4.43. The molecule has 36 heavy (non-hydrogen) atoms. The van der Waals surface area contributed by atoms with E-state index in [-0.39, 0.29) is 29.7 Å². The van der Waals surface area contributed by atoms with E-state index in [2.05, 4.69) is 30.7 Å². The second-order valence-corrected chi connectivity index (χ2v) is 9.78. The van der Waals surface area contributed by atoms with E-state index >= 15 is 0 Å². The molecule has 1 aromatic carbocycles. The van der Waals surface area contributed by atoms with Gasteiger partial charge in [0, 0.05) is 49.6 Å². The van der Waals surface area contributed by atoms with Crippen LogP contribution in [0.5, 0.6) is 5.75 Å². The van der Waals surface area contributed by atoms with Gasteiger partial charge in [-0.25, -0.2) is 4.98 Å². The van der Waals surface area contributed by atoms with Crippen LogP contribution in [0.3, 0.4) is 0 Å². The van der Waals surface area contributed by atoms with E-state index in [1.165, 1.54) is 6.08 Å². The van der Waals surface area contributed by atoms with E-state index in [4.69, 9.17) is 9.72 Å². The number of amides is 1. The maximum Gasteiger partial charge on any atom is 0.252 e. The molecule has 2 unspecified atom stereocenters. The summed E-state index contributed by atoms with van der Waals surface area (Å²) in [6, 6.07) is 11.3. The maximum atomic E-state index is 12.6. The second kappa shape index (κ2) is 10.9. The van der Waals surface area contributed by atoms with E-state index in [1.807, 2.05) is 38.1 Å². The highest BCUT2D eigenvalue weighted by molar-refractivity contribution is 5.87. The normalized spacial score (nSPS) is 16.1. The lowest BCUT2D eigenvalue weighted by atomic mass is 10.1. The minimum Gasteiger partial charge on any atom is -0.490 e. The maximum absolute atomic E-state index is 12.6. The van der Waals surface area contributed by atoms with Gasteiger partial charge >= 0.3 is 0 Å². The average Bonchev–Trinajstić information content (AvgIpc) is 2.88. The lowest BCUT2D eigenvalue weighted by Crippen LogP contribution is -2.41. The average molecular weight is 490 g/mol. The van der Waals surface area contributed by atoms with Gasteiger partial charge in [0.15, 0.2) is 0 Å². The fraction of sp³-hybridized carbons (Fsp3) is 0.429. The number of aromatic nitrogens is 3. The highest BCUT2D eigenvalue weighted by Crippen LogP contribution is 2.25. The lowest BCUT2D eigenvalue weighted by molar-refractivity contribution is -0.127. The number of hydrogen-bond acceptors (Lipinski definition) is 6. The Kier molecular flexibility index (Phi) is 7.72. The van der Waals surface area contributed by atoms with Crippen LogP contribution in [0.25, 0.3) is 11.0 Å². The molecule has 0 saturated carbocycles. The van der Waals surface area contributed by atoms with Crippen LogP contribution in [-0.4, -0.2) is 44.5 Å². The number of fused-ring (bicyclic) bond motifs is 1. The number of hydrogen-bond donors (Lipinski definition) is 1. The van der Waals surface area contributed by atoms with E-state index in [0.717, 1.165) is 29.5 Å². The third-order valence-corrected chi connectivity index (χ3v) is 7.00. The predicted molar refractivity (Wildman–Crippen MR) is 142 cm³/mol. The van der Waals surface area contributed by atoms with Crippen molar-refractivity contribution in [3.63, 3.8) is 0 Å². The van der Waals surface area contributed by atoms with E-state index in [1.54, 1.807) is 27.8 Å². The molecule has 0 bridgehead atoms. The molecule has 8 heteroatoms. The third-order valence-electron chi connectivity index (χ3n) is 7.00. The molecule has 3 heterocycles. The minimum absolute atomic E-state index is 0.0172. The Balaban J connectivity index is 1.43. The summed E-state index contributed by atoms with van der Waals surface area (Å²) in [5, 5.41) is 4.20. The van der Waals surface area contributed by atoms with Crippen LogP contribution >= 0.6 is 0 Å². The number of anilines is 1. The number of nitrogens with zero attached hydrogens (tertiary/aromatic N) is 4. The van der Waals surface area contributed by atoms with Crippen molar-refractivity contribution < 1.29 is 9.53 Å². The fourth-order valence-electron chi connectivity index (χ4n) is 4.43. The summed E-state index contributed by atoms with van der Waals surface area (Å²) in [5.41, 5.74) is 1.64. The summed E-state index contributed by atoms with van der Waals surface area (Å²) >= 11 is 0. The summed E-state index contributed by atoms with van der Waals surface area (Å²) in [5.74, 6) is 1.56. The molecule has 1 amide bonds. The van der Waals surface area contributed by atoms with Crippen molar-refractivity contribution >= 4 is 22.9 Å². The Labute approximate surface area is 212 Å². The highest BCUT2D eigenvalue weighted by Gasteiger charge is 2.22. The third kappa shape index (κ3) is 5.58. The lowest BCUT2D eigenvalue weighted by Gasteiger charge is -2.31. The van der Waals surface area contributed by atoms with Crippen molar-refractivity contribution in [1.29, 1.82) is 0 Å². The zero-order valence-electron chi connectivity index (χ0n) is 21.5. The van der Waals surface area contributed by atoms with Gasteiger partial charge in [0.2, 0.25) is 11.9 Å². The van der Waals surface area contributed by atoms with Crippen molar-refractivity contribution in [3.8, 4) is 5.75 Å². The SMILES string of the molecule is C=CC(=O)N1CCC(Oc2ccc(C(C)Nc3ncc4ccc(=O)n(C(C)C(C)C)c4n3)cc2)CC1. The molecule has 8 nitrogen and oxygen atoms in total. The summed E-state index contributed by atoms with van der Waals surface area (Å²) in [7, 11) is 0. The zero-order chi connectivity index (χ0) is 25.8. The molecule has 1 aliphatic rings. The van der Waals surface area contributed by atoms with Crippen LogP contribution in [0.1, 0.15) is 58.2 Å². The largest absolute Gasteiger partial charge is 0.490 e. The number of piperidine rings is 1. The molecule has 1 aliphatic heterocycles. The Hall–Kier alpha value is -3.68. The van der Waals surface area contributed by atoms with E-state index < -0.39 is 0 Å². The molecule has 3 aromatic rings. The monoisotopic (exact) mass is 489 g/mol. The van der Waals surface area contributed by atoms with Gasteiger partial charge < -0.3 is 15.0 Å². The number of nitrogens with one attached hydrogen (secondary N) is 1. The van der Waals surface area contributed by atoms with Crippen molar-refractivity contribution in [1.82, 2.24) is 19.4 Å². The number of likely N-dealkylation sites (tertiary alicyclic amines) is 1. The standard InChI is InChI=1S/C28H35N5O3/c1-6-25(34)32-15-13-24(14-16-32)36-23-10-7-21(8-11-23)19(4)30-28-29-17-22-9-12-26(35)33(27(22)31-28)20(5)18(2)3/h6-12,17-20,24H,1,13-16H2,2-5H3,(H,29,30,31). The molecule has 4 rings (SSSR count). The number of carbonyl (C=O) groups excluding carboxylic acids is 1. The molecule has 2 aromatic heterocycles. The zero-order valence-corrected chi connectivity index (χ0v) is 21.5. The van der Waals surface area contributed by atoms with Crippen LogP contribution in [0.15, 0.2) is 60.0 Å². The highest BCUT2D eigenvalue weighted by atomic mass is 16.5. The quantitative estimate of drug-likeness (QED) is 0.460. The first-order chi connectivity index (χ1) is 17.3. The summed E-state index contributed by atoms with van der Waals surface area (Å²) in [6.45, 7) is 13.2. The minimum atomic E-state index is -0.0602. The molecular weight excluding hydrogens is 454 g/mol. The predicted octanol–water partition coefficient (Wildman–Crippen LogP) is 4.74. The topological polar surface area (TPSA) is 89.4 Å². The van der Waals surface area contributed by atoms with Crippen LogP contribution < -0.4 is 15.6 Å². The van der Waals surface area contributed by atoms with Crippen LogP contribution in [0, 0.1) is 5.92 Å². The van der Waals surface area contributed by atoms with Crippen LogP contribution in [0.2, 0.25) is 0 Å². The Morgan fingerprint density at radius 1 is 1.11 bits per heavy atom. The first kappa shape index (κ1) is 25.4. The van der Waals surface area contributed by atoms with Gasteiger partial charge in [-0.1, -0.05) is 32.6 Å². The number of pyridine rings is 1. The first-order valence-electron chi connectivity index (χ1n) is 12.6. The molecule has 0 aliphatic carbocycles. The summed E-state index contributed by atoms with van der Waals surface area (Å²) in [4.78, 5) is 35.4. The molecular formula is C28H35N5O3. The van der Waals surface area contributed by atoms with Gasteiger partial charge in [-0.2, -0.15) is 4.98 Å². The first-order valence-corrected chi connectivity index (χ1v) is 12.6. The number of carbonyl (C=O) groups is 1. The van der Waals surface area contributed by atoms with Crippen molar-refractivity contribution in [2.75, 3.05) is 18.4 Å². The van der Waals surface area contributed by atoms with Gasteiger partial charge in [-0.05, 0) is 49.6 Å². The van der Waals surface area contributed by atoms with Gasteiger partial charge in [0.05, 0.1) is 6.04 Å². The Bertz CT molecular complexity index is 1280. The molecule has 0 radical (unpaired) electrons. The van der Waals surface area contributed by atoms with Crippen molar-refractivity contribution in [2.24, 2.45) is 5.92 Å². The molecule has 1 fully saturated rings. The second-order valence-electron chi connectivity index (χ2n) is 9.78. The molecule has 2 atom stereocenters. The summed E-state index contributed by atoms with van der Waals surface area (Å²) in [6.07, 6.45) is 4.82. The van der Waals surface area contributed by atoms with Crippen LogP contribution in [0.4, 0.5) is 5.95 Å². The smallest absolute Gasteiger partial charge is 0.252 e. The van der Waals surface area contributed by atoms with Gasteiger partial charge in [0.25, 0.3) is 5.56 Å². The molecule has 1 saturated heterocycles. The summed E-state index contributed by atoms with van der Waals surface area (Å²) < 4.78 is 7.89. The number of rotatable bonds is 8. The molecule has 1 N–H and O–H groups in total. The van der Waals surface area contributed by atoms with Crippen LogP contribution in [-0.2, 0) is 4.79 Å². The number of ether oxygens (including phenoxy) is 1. The van der Waals surface area contributed by atoms with Crippen molar-refractivity contribution in [3.05, 3.63) is 71.2 Å². The van der Waals surface area contributed by atoms with Gasteiger partial charge in [-0.15, -0.1) is 0 Å². The van der Waals surface area contributed by atoms with Gasteiger partial charge in [-0.3, -0.25) is 14.2 Å². The van der Waals surface area contributed by atoms with Crippen molar-refractivity contribution in [2.45, 2.75) is 58.7 Å². The van der Waals surface area contributed by atoms with E-state index in [9.17, 15) is 9.59 Å².